The van der Waals surface area contributed by atoms with Crippen LogP contribution in [0.4, 0.5) is 14.5 Å². The number of hydrogen-bond donors (Lipinski definition) is 0. The van der Waals surface area contributed by atoms with Gasteiger partial charge in [0, 0.05) is 23.7 Å². The van der Waals surface area contributed by atoms with Crippen molar-refractivity contribution in [2.45, 2.75) is 13.5 Å². The number of likely N-dealkylation sites (N-methyl/N-ethyl adjacent to an activating group) is 1. The Morgan fingerprint density at radius 3 is 2.64 bits per heavy atom. The van der Waals surface area contributed by atoms with Crippen LogP contribution in [0.5, 0.6) is 0 Å². The third-order valence-electron chi connectivity index (χ3n) is 3.88. The van der Waals surface area contributed by atoms with Crippen molar-refractivity contribution >= 4 is 22.4 Å². The number of anilines is 1. The zero-order chi connectivity index (χ0) is 18.0. The summed E-state index contributed by atoms with van der Waals surface area (Å²) in [5.41, 5.74) is -0.159. The Kier molecular flexibility index (Phi) is 4.56. The maximum Gasteiger partial charge on any atom is 0.275 e. The highest BCUT2D eigenvalue weighted by molar-refractivity contribution is 5.93. The lowest BCUT2D eigenvalue weighted by Crippen LogP contribution is -2.37. The van der Waals surface area contributed by atoms with Crippen LogP contribution in [0.15, 0.2) is 53.5 Å². The first-order chi connectivity index (χ1) is 12.0. The number of nitrogens with zero attached hydrogens (tertiary/aromatic N) is 3. The van der Waals surface area contributed by atoms with Crippen molar-refractivity contribution in [1.29, 1.82) is 0 Å². The highest BCUT2D eigenvalue weighted by Crippen LogP contribution is 2.18. The van der Waals surface area contributed by atoms with Crippen molar-refractivity contribution in [1.82, 2.24) is 9.78 Å². The van der Waals surface area contributed by atoms with Gasteiger partial charge in [-0.25, -0.2) is 13.5 Å². The van der Waals surface area contributed by atoms with Crippen molar-refractivity contribution in [2.24, 2.45) is 0 Å². The van der Waals surface area contributed by atoms with E-state index in [0.29, 0.717) is 10.8 Å². The standard InChI is InChI=1S/C18H15F2N3O2/c1-2-22(13-7-8-15(19)16(20)9-13)17(24)11-23-18(25)14-6-4-3-5-12(14)10-21-23/h3-10H,2,11H2,1H3. The van der Waals surface area contributed by atoms with E-state index < -0.39 is 17.5 Å². The normalized spacial score (nSPS) is 10.8. The van der Waals surface area contributed by atoms with Crippen LogP contribution < -0.4 is 10.5 Å². The summed E-state index contributed by atoms with van der Waals surface area (Å²) in [6, 6.07) is 10.2. The minimum absolute atomic E-state index is 0.222. The average Bonchev–Trinajstić information content (AvgIpc) is 2.61. The number of carbonyl (C=O) groups excluding carboxylic acids is 1. The fraction of sp³-hybridized carbons (Fsp3) is 0.167. The second-order valence-corrected chi connectivity index (χ2v) is 5.43. The fourth-order valence-electron chi connectivity index (χ4n) is 2.61. The lowest BCUT2D eigenvalue weighted by atomic mass is 10.2. The molecular weight excluding hydrogens is 328 g/mol. The van der Waals surface area contributed by atoms with Crippen LogP contribution in [0.1, 0.15) is 6.92 Å². The van der Waals surface area contributed by atoms with Gasteiger partial charge in [0.2, 0.25) is 5.91 Å². The number of amides is 1. The monoisotopic (exact) mass is 343 g/mol. The molecule has 128 valence electrons. The van der Waals surface area contributed by atoms with Gasteiger partial charge in [-0.3, -0.25) is 9.59 Å². The number of hydrogen-bond acceptors (Lipinski definition) is 3. The molecule has 0 unspecified atom stereocenters. The second-order valence-electron chi connectivity index (χ2n) is 5.43. The second kappa shape index (κ2) is 6.80. The maximum absolute atomic E-state index is 13.4. The first kappa shape index (κ1) is 16.8. The van der Waals surface area contributed by atoms with E-state index in [1.165, 1.54) is 17.2 Å². The predicted octanol–water partition coefficient (Wildman–Crippen LogP) is 2.73. The molecule has 0 radical (unpaired) electrons. The highest BCUT2D eigenvalue weighted by Gasteiger charge is 2.17. The highest BCUT2D eigenvalue weighted by atomic mass is 19.2. The lowest BCUT2D eigenvalue weighted by Gasteiger charge is -2.21. The minimum atomic E-state index is -1.04. The van der Waals surface area contributed by atoms with Crippen LogP contribution in [0.2, 0.25) is 0 Å². The van der Waals surface area contributed by atoms with Gasteiger partial charge in [-0.05, 0) is 25.1 Å². The molecule has 0 saturated heterocycles. The summed E-state index contributed by atoms with van der Waals surface area (Å²) in [5.74, 6) is -2.47. The van der Waals surface area contributed by atoms with Crippen molar-refractivity contribution in [3.05, 3.63) is 70.6 Å². The molecule has 3 rings (SSSR count). The van der Waals surface area contributed by atoms with Gasteiger partial charge in [0.15, 0.2) is 11.6 Å². The summed E-state index contributed by atoms with van der Waals surface area (Å²) < 4.78 is 27.6. The van der Waals surface area contributed by atoms with Crippen LogP contribution in [-0.2, 0) is 11.3 Å². The number of carbonyl (C=O) groups is 1. The Bertz CT molecular complexity index is 1000. The van der Waals surface area contributed by atoms with Crippen molar-refractivity contribution < 1.29 is 13.6 Å². The molecular formula is C18H15F2N3O2. The number of aromatic nitrogens is 2. The number of fused-ring (bicyclic) bond motifs is 1. The molecule has 0 saturated carbocycles. The Morgan fingerprint density at radius 1 is 1.16 bits per heavy atom. The molecule has 1 amide bonds. The minimum Gasteiger partial charge on any atom is -0.311 e. The first-order valence-corrected chi connectivity index (χ1v) is 7.71. The summed E-state index contributed by atoms with van der Waals surface area (Å²) in [6.45, 7) is 1.65. The van der Waals surface area contributed by atoms with Gasteiger partial charge >= 0.3 is 0 Å². The first-order valence-electron chi connectivity index (χ1n) is 7.71. The molecule has 0 aliphatic rings. The van der Waals surface area contributed by atoms with E-state index in [2.05, 4.69) is 5.10 Å². The summed E-state index contributed by atoms with van der Waals surface area (Å²) in [4.78, 5) is 26.2. The molecule has 0 bridgehead atoms. The summed E-state index contributed by atoms with van der Waals surface area (Å²) >= 11 is 0. The molecule has 25 heavy (non-hydrogen) atoms. The molecule has 1 aromatic heterocycles. The van der Waals surface area contributed by atoms with Crippen molar-refractivity contribution in [2.75, 3.05) is 11.4 Å². The molecule has 0 fully saturated rings. The number of benzene rings is 2. The average molecular weight is 343 g/mol. The van der Waals surface area contributed by atoms with E-state index in [0.717, 1.165) is 16.8 Å². The maximum atomic E-state index is 13.4. The molecule has 7 heteroatoms. The molecule has 0 N–H and O–H groups in total. The predicted molar refractivity (Wildman–Crippen MR) is 90.4 cm³/mol. The van der Waals surface area contributed by atoms with Gasteiger partial charge in [-0.2, -0.15) is 5.10 Å². The van der Waals surface area contributed by atoms with Crippen LogP contribution >= 0.6 is 0 Å². The number of rotatable bonds is 4. The number of halogens is 2. The molecule has 0 atom stereocenters. The fourth-order valence-corrected chi connectivity index (χ4v) is 2.61. The summed E-state index contributed by atoms with van der Waals surface area (Å²) in [7, 11) is 0. The summed E-state index contributed by atoms with van der Waals surface area (Å²) in [5, 5.41) is 5.15. The van der Waals surface area contributed by atoms with E-state index in [4.69, 9.17) is 0 Å². The Hall–Kier alpha value is -3.09. The van der Waals surface area contributed by atoms with E-state index >= 15 is 0 Å². The Morgan fingerprint density at radius 2 is 1.92 bits per heavy atom. The van der Waals surface area contributed by atoms with E-state index in [1.54, 1.807) is 31.2 Å². The molecule has 0 spiro atoms. The van der Waals surface area contributed by atoms with Gasteiger partial charge in [-0.15, -0.1) is 0 Å². The van der Waals surface area contributed by atoms with Gasteiger partial charge in [0.25, 0.3) is 5.56 Å². The van der Waals surface area contributed by atoms with Gasteiger partial charge in [0.1, 0.15) is 6.54 Å². The molecule has 1 heterocycles. The van der Waals surface area contributed by atoms with Gasteiger partial charge in [-0.1, -0.05) is 18.2 Å². The third kappa shape index (κ3) is 3.26. The van der Waals surface area contributed by atoms with Crippen LogP contribution in [0, 0.1) is 11.6 Å². The van der Waals surface area contributed by atoms with Crippen molar-refractivity contribution in [3.8, 4) is 0 Å². The SMILES string of the molecule is CCN(C(=O)Cn1ncc2ccccc2c1=O)c1ccc(F)c(F)c1. The molecule has 5 nitrogen and oxygen atoms in total. The molecule has 2 aromatic carbocycles. The Labute approximate surface area is 142 Å². The molecule has 0 aliphatic heterocycles. The van der Waals surface area contributed by atoms with E-state index in [9.17, 15) is 18.4 Å². The van der Waals surface area contributed by atoms with Crippen LogP contribution in [0.25, 0.3) is 10.8 Å². The van der Waals surface area contributed by atoms with Gasteiger partial charge < -0.3 is 4.90 Å². The van der Waals surface area contributed by atoms with Crippen molar-refractivity contribution in [3.63, 3.8) is 0 Å². The zero-order valence-electron chi connectivity index (χ0n) is 13.4. The third-order valence-corrected chi connectivity index (χ3v) is 3.88. The largest absolute Gasteiger partial charge is 0.311 e. The van der Waals surface area contributed by atoms with Crippen LogP contribution in [0.3, 0.4) is 0 Å². The zero-order valence-corrected chi connectivity index (χ0v) is 13.4. The lowest BCUT2D eigenvalue weighted by molar-refractivity contribution is -0.119. The van der Waals surface area contributed by atoms with E-state index in [-0.39, 0.29) is 24.3 Å². The Balaban J connectivity index is 1.91. The topological polar surface area (TPSA) is 55.2 Å². The van der Waals surface area contributed by atoms with Gasteiger partial charge in [0.05, 0.1) is 11.6 Å². The molecule has 0 aliphatic carbocycles. The molecule has 3 aromatic rings. The quantitative estimate of drug-likeness (QED) is 0.732. The summed E-state index contributed by atoms with van der Waals surface area (Å²) in [6.07, 6.45) is 1.51. The van der Waals surface area contributed by atoms with Crippen LogP contribution in [-0.4, -0.2) is 22.2 Å². The smallest absolute Gasteiger partial charge is 0.275 e. The van der Waals surface area contributed by atoms with E-state index in [1.807, 2.05) is 0 Å².